The average Bonchev–Trinajstić information content (AvgIpc) is 3.07. The monoisotopic (exact) mass is 335 g/mol. The third kappa shape index (κ3) is 4.11. The fraction of sp³-hybridized carbons (Fsp3) is 0.438. The first-order valence-electron chi connectivity index (χ1n) is 7.79. The Morgan fingerprint density at radius 3 is 2.91 bits per heavy atom. The molecule has 0 spiro atoms. The number of para-hydroxylation sites is 1. The van der Waals surface area contributed by atoms with Crippen LogP contribution in [0.3, 0.4) is 0 Å². The van der Waals surface area contributed by atoms with Gasteiger partial charge in [0.25, 0.3) is 0 Å². The van der Waals surface area contributed by atoms with Gasteiger partial charge in [-0.3, -0.25) is 4.79 Å². The van der Waals surface area contributed by atoms with Crippen LogP contribution in [0.2, 0.25) is 0 Å². The van der Waals surface area contributed by atoms with Gasteiger partial charge >= 0.3 is 0 Å². The Morgan fingerprint density at radius 2 is 2.13 bits per heavy atom. The van der Waals surface area contributed by atoms with Crippen LogP contribution in [-0.4, -0.2) is 49.9 Å². The summed E-state index contributed by atoms with van der Waals surface area (Å²) in [5, 5.41) is 7.08. The molecule has 1 amide bonds. The Bertz CT molecular complexity index is 798. The highest BCUT2D eigenvalue weighted by molar-refractivity contribution is 7.91. The number of aromatic amines is 1. The highest BCUT2D eigenvalue weighted by atomic mass is 32.2. The van der Waals surface area contributed by atoms with E-state index in [-0.39, 0.29) is 30.0 Å². The van der Waals surface area contributed by atoms with Crippen LogP contribution in [0.4, 0.5) is 0 Å². The number of carbonyl (C=O) groups excluding carboxylic acids is 1. The van der Waals surface area contributed by atoms with Gasteiger partial charge in [-0.25, -0.2) is 8.42 Å². The lowest BCUT2D eigenvalue weighted by atomic mass is 10.1. The zero-order valence-electron chi connectivity index (χ0n) is 12.8. The molecule has 1 atom stereocenters. The summed E-state index contributed by atoms with van der Waals surface area (Å²) in [5.74, 6) is 0.0889. The van der Waals surface area contributed by atoms with Crippen LogP contribution in [0.5, 0.6) is 0 Å². The van der Waals surface area contributed by atoms with Gasteiger partial charge in [-0.1, -0.05) is 18.2 Å². The van der Waals surface area contributed by atoms with Crippen molar-refractivity contribution < 1.29 is 13.2 Å². The van der Waals surface area contributed by atoms with Crippen LogP contribution in [-0.2, 0) is 21.1 Å². The van der Waals surface area contributed by atoms with E-state index in [1.165, 1.54) is 10.9 Å². The van der Waals surface area contributed by atoms with Crippen molar-refractivity contribution in [3.8, 4) is 0 Å². The molecule has 0 saturated carbocycles. The Morgan fingerprint density at radius 1 is 1.30 bits per heavy atom. The molecule has 6 nitrogen and oxygen atoms in total. The Hall–Kier alpha value is -1.86. The highest BCUT2D eigenvalue weighted by Gasteiger charge is 2.28. The summed E-state index contributed by atoms with van der Waals surface area (Å²) < 4.78 is 22.7. The van der Waals surface area contributed by atoms with Crippen molar-refractivity contribution in [3.63, 3.8) is 0 Å². The van der Waals surface area contributed by atoms with Gasteiger partial charge in [-0.15, -0.1) is 0 Å². The van der Waals surface area contributed by atoms with E-state index in [9.17, 15) is 13.2 Å². The SMILES string of the molecule is O=C(CNCCc1c[nH]c2ccccc12)NC1CCS(=O)(=O)C1. The van der Waals surface area contributed by atoms with Crippen LogP contribution in [0.15, 0.2) is 30.5 Å². The second-order valence-electron chi connectivity index (χ2n) is 5.95. The molecule has 2 aromatic rings. The van der Waals surface area contributed by atoms with Gasteiger partial charge in [0, 0.05) is 23.1 Å². The van der Waals surface area contributed by atoms with E-state index in [0.717, 1.165) is 11.9 Å². The first kappa shape index (κ1) is 16.0. The highest BCUT2D eigenvalue weighted by Crippen LogP contribution is 2.17. The van der Waals surface area contributed by atoms with Gasteiger partial charge in [-0.05, 0) is 31.0 Å². The van der Waals surface area contributed by atoms with Crippen LogP contribution < -0.4 is 10.6 Å². The molecular formula is C16H21N3O3S. The van der Waals surface area contributed by atoms with Crippen LogP contribution in [0.25, 0.3) is 10.9 Å². The summed E-state index contributed by atoms with van der Waals surface area (Å²) in [6.45, 7) is 0.900. The van der Waals surface area contributed by atoms with Gasteiger partial charge in [0.2, 0.25) is 5.91 Å². The molecule has 7 heteroatoms. The lowest BCUT2D eigenvalue weighted by molar-refractivity contribution is -0.120. The Labute approximate surface area is 135 Å². The van der Waals surface area contributed by atoms with Gasteiger partial charge in [0.05, 0.1) is 18.1 Å². The van der Waals surface area contributed by atoms with E-state index < -0.39 is 9.84 Å². The zero-order chi connectivity index (χ0) is 16.3. The minimum absolute atomic E-state index is 0.0636. The lowest BCUT2D eigenvalue weighted by Gasteiger charge is -2.11. The largest absolute Gasteiger partial charge is 0.361 e. The van der Waals surface area contributed by atoms with Gasteiger partial charge < -0.3 is 15.6 Å². The number of aromatic nitrogens is 1. The molecule has 1 unspecified atom stereocenters. The number of H-pyrrole nitrogens is 1. The van der Waals surface area contributed by atoms with Gasteiger partial charge in [0.1, 0.15) is 0 Å². The zero-order valence-corrected chi connectivity index (χ0v) is 13.7. The third-order valence-corrected chi connectivity index (χ3v) is 5.90. The molecule has 3 rings (SSSR count). The molecule has 1 aliphatic rings. The smallest absolute Gasteiger partial charge is 0.234 e. The summed E-state index contributed by atoms with van der Waals surface area (Å²) in [7, 11) is -2.96. The fourth-order valence-corrected chi connectivity index (χ4v) is 4.62. The molecule has 0 bridgehead atoms. The van der Waals surface area contributed by atoms with Crippen molar-refractivity contribution in [1.29, 1.82) is 0 Å². The molecule has 23 heavy (non-hydrogen) atoms. The molecule has 3 N–H and O–H groups in total. The van der Waals surface area contributed by atoms with E-state index in [1.54, 1.807) is 0 Å². The molecule has 2 heterocycles. The summed E-state index contributed by atoms with van der Waals surface area (Å²) in [5.41, 5.74) is 2.33. The van der Waals surface area contributed by atoms with E-state index in [0.29, 0.717) is 13.0 Å². The maximum atomic E-state index is 11.8. The minimum Gasteiger partial charge on any atom is -0.361 e. The van der Waals surface area contributed by atoms with E-state index >= 15 is 0 Å². The molecule has 1 saturated heterocycles. The molecule has 1 aromatic carbocycles. The average molecular weight is 335 g/mol. The lowest BCUT2D eigenvalue weighted by Crippen LogP contribution is -2.41. The quantitative estimate of drug-likeness (QED) is 0.674. The number of hydrogen-bond acceptors (Lipinski definition) is 4. The van der Waals surface area contributed by atoms with Crippen molar-refractivity contribution in [1.82, 2.24) is 15.6 Å². The number of sulfone groups is 1. The van der Waals surface area contributed by atoms with E-state index in [1.807, 2.05) is 24.4 Å². The summed E-state index contributed by atoms with van der Waals surface area (Å²) >= 11 is 0. The Kier molecular flexibility index (Phi) is 4.68. The molecule has 124 valence electrons. The number of carbonyl (C=O) groups is 1. The second-order valence-corrected chi connectivity index (χ2v) is 8.18. The van der Waals surface area contributed by atoms with Gasteiger partial charge in [0.15, 0.2) is 9.84 Å². The molecular weight excluding hydrogens is 314 g/mol. The number of amides is 1. The first-order chi connectivity index (χ1) is 11.0. The topological polar surface area (TPSA) is 91.1 Å². The standard InChI is InChI=1S/C16H21N3O3S/c20-16(19-13-6-8-23(21,22)11-13)10-17-7-5-12-9-18-15-4-2-1-3-14(12)15/h1-4,9,13,17-18H,5-8,10-11H2,(H,19,20). The maximum Gasteiger partial charge on any atom is 0.234 e. The fourth-order valence-electron chi connectivity index (χ4n) is 2.95. The molecule has 1 fully saturated rings. The third-order valence-electron chi connectivity index (χ3n) is 4.13. The number of fused-ring (bicyclic) bond motifs is 1. The van der Waals surface area contributed by atoms with Crippen molar-refractivity contribution in [2.45, 2.75) is 18.9 Å². The van der Waals surface area contributed by atoms with Crippen molar-refractivity contribution in [2.75, 3.05) is 24.6 Å². The normalized spacial score (nSPS) is 19.9. The number of hydrogen-bond donors (Lipinski definition) is 3. The summed E-state index contributed by atoms with van der Waals surface area (Å²) in [6.07, 6.45) is 3.34. The van der Waals surface area contributed by atoms with Gasteiger partial charge in [-0.2, -0.15) is 0 Å². The number of benzene rings is 1. The predicted octanol–water partition coefficient (Wildman–Crippen LogP) is 0.603. The summed E-state index contributed by atoms with van der Waals surface area (Å²) in [4.78, 5) is 15.0. The summed E-state index contributed by atoms with van der Waals surface area (Å²) in [6, 6.07) is 7.89. The van der Waals surface area contributed by atoms with E-state index in [2.05, 4.69) is 21.7 Å². The Balaban J connectivity index is 1.40. The number of nitrogens with one attached hydrogen (secondary N) is 3. The minimum atomic E-state index is -2.96. The van der Waals surface area contributed by atoms with Crippen LogP contribution >= 0.6 is 0 Å². The van der Waals surface area contributed by atoms with E-state index in [4.69, 9.17) is 0 Å². The first-order valence-corrected chi connectivity index (χ1v) is 9.61. The molecule has 0 radical (unpaired) electrons. The maximum absolute atomic E-state index is 11.8. The second kappa shape index (κ2) is 6.72. The predicted molar refractivity (Wildman–Crippen MR) is 90.1 cm³/mol. The van der Waals surface area contributed by atoms with Crippen LogP contribution in [0.1, 0.15) is 12.0 Å². The van der Waals surface area contributed by atoms with Crippen molar-refractivity contribution >= 4 is 26.6 Å². The number of rotatable bonds is 6. The molecule has 1 aliphatic heterocycles. The van der Waals surface area contributed by atoms with Crippen LogP contribution in [0, 0.1) is 0 Å². The molecule has 1 aromatic heterocycles. The van der Waals surface area contributed by atoms with Crippen molar-refractivity contribution in [2.24, 2.45) is 0 Å². The van der Waals surface area contributed by atoms with Crippen molar-refractivity contribution in [3.05, 3.63) is 36.0 Å². The molecule has 0 aliphatic carbocycles.